The maximum absolute atomic E-state index is 7.02. The largest absolute Gasteiger partial charge is 0.356 e. The maximum Gasteiger partial charge on any atom is 0.157 e. The van der Waals surface area contributed by atoms with Crippen LogP contribution >= 0.6 is 11.6 Å². The van der Waals surface area contributed by atoms with E-state index in [1.807, 2.05) is 24.3 Å². The predicted molar refractivity (Wildman–Crippen MR) is 128 cm³/mol. The molecule has 0 saturated carbocycles. The number of halogens is 1. The van der Waals surface area contributed by atoms with E-state index in [-0.39, 0.29) is 0 Å². The highest BCUT2D eigenvalue weighted by molar-refractivity contribution is 6.31. The van der Waals surface area contributed by atoms with Crippen LogP contribution in [0.1, 0.15) is 39.6 Å². The molecule has 4 aromatic rings. The Kier molecular flexibility index (Phi) is 5.05. The van der Waals surface area contributed by atoms with E-state index in [4.69, 9.17) is 16.3 Å². The van der Waals surface area contributed by atoms with Crippen molar-refractivity contribution >= 4 is 17.3 Å². The summed E-state index contributed by atoms with van der Waals surface area (Å²) in [4.78, 5) is 0. The Balaban J connectivity index is 1.79. The van der Waals surface area contributed by atoms with Gasteiger partial charge in [-0.05, 0) is 37.1 Å². The van der Waals surface area contributed by atoms with Crippen LogP contribution in [0.25, 0.3) is 0 Å². The molecule has 0 radical (unpaired) electrons. The van der Waals surface area contributed by atoms with Crippen LogP contribution in [0, 0.1) is 13.8 Å². The fourth-order valence-electron chi connectivity index (χ4n) is 4.35. The van der Waals surface area contributed by atoms with Gasteiger partial charge in [-0.3, -0.25) is 0 Å². The molecule has 1 N–H and O–H groups in total. The molecule has 1 atom stereocenters. The molecule has 31 heavy (non-hydrogen) atoms. The molecule has 1 aliphatic rings. The minimum Gasteiger partial charge on any atom is -0.356 e. The third kappa shape index (κ3) is 3.42. The standard InChI is InChI=1S/C28H24ClNO/c1-19-11-15-21(16-12-19)28(22-17-13-20(2)14-18-22)24-8-4-6-10-26(24)30-27(31-28)23-7-3-5-9-25(23)29/h3-18,27,30H,1-2H3/t27-/m1/s1. The fourth-order valence-corrected chi connectivity index (χ4v) is 4.58. The molecular formula is C28H24ClNO. The first-order valence-electron chi connectivity index (χ1n) is 10.5. The summed E-state index contributed by atoms with van der Waals surface area (Å²) >= 11 is 6.59. The quantitative estimate of drug-likeness (QED) is 0.369. The molecule has 4 aromatic carbocycles. The van der Waals surface area contributed by atoms with E-state index >= 15 is 0 Å². The molecule has 0 aliphatic carbocycles. The van der Waals surface area contributed by atoms with Gasteiger partial charge in [-0.1, -0.05) is 108 Å². The molecular weight excluding hydrogens is 402 g/mol. The molecule has 0 saturated heterocycles. The lowest BCUT2D eigenvalue weighted by atomic mass is 9.77. The molecule has 0 fully saturated rings. The molecule has 2 nitrogen and oxygen atoms in total. The van der Waals surface area contributed by atoms with E-state index in [9.17, 15) is 0 Å². The SMILES string of the molecule is Cc1ccc(C2(c3ccc(C)cc3)O[C@H](c3ccccc3Cl)Nc3ccccc32)cc1. The smallest absolute Gasteiger partial charge is 0.157 e. The van der Waals surface area contributed by atoms with Gasteiger partial charge in [0.05, 0.1) is 0 Å². The van der Waals surface area contributed by atoms with E-state index in [0.717, 1.165) is 27.9 Å². The van der Waals surface area contributed by atoms with Crippen molar-refractivity contribution in [2.24, 2.45) is 0 Å². The number of aryl methyl sites for hydroxylation is 2. The molecule has 3 heteroatoms. The zero-order valence-electron chi connectivity index (χ0n) is 17.6. The van der Waals surface area contributed by atoms with Crippen LogP contribution in [0.4, 0.5) is 5.69 Å². The predicted octanol–water partition coefficient (Wildman–Crippen LogP) is 7.39. The van der Waals surface area contributed by atoms with Gasteiger partial charge >= 0.3 is 0 Å². The van der Waals surface area contributed by atoms with Crippen LogP contribution < -0.4 is 5.32 Å². The van der Waals surface area contributed by atoms with Crippen molar-refractivity contribution in [2.45, 2.75) is 25.7 Å². The Labute approximate surface area is 188 Å². The molecule has 1 aliphatic heterocycles. The molecule has 154 valence electrons. The van der Waals surface area contributed by atoms with Crippen molar-refractivity contribution in [2.75, 3.05) is 5.32 Å². The van der Waals surface area contributed by atoms with E-state index in [1.54, 1.807) is 0 Å². The van der Waals surface area contributed by atoms with Gasteiger partial charge in [0.2, 0.25) is 0 Å². The van der Waals surface area contributed by atoms with Crippen molar-refractivity contribution in [3.8, 4) is 0 Å². The number of hydrogen-bond acceptors (Lipinski definition) is 2. The third-order valence-corrected chi connectivity index (χ3v) is 6.34. The molecule has 0 aromatic heterocycles. The number of benzene rings is 4. The second-order valence-electron chi connectivity index (χ2n) is 8.12. The number of hydrogen-bond donors (Lipinski definition) is 1. The summed E-state index contributed by atoms with van der Waals surface area (Å²) in [6, 6.07) is 33.5. The van der Waals surface area contributed by atoms with Gasteiger partial charge in [-0.25, -0.2) is 0 Å². The second kappa shape index (κ2) is 7.88. The average molecular weight is 426 g/mol. The summed E-state index contributed by atoms with van der Waals surface area (Å²) in [5.74, 6) is 0. The van der Waals surface area contributed by atoms with Crippen LogP contribution in [-0.2, 0) is 10.3 Å². The van der Waals surface area contributed by atoms with Gasteiger partial charge in [0.15, 0.2) is 6.23 Å². The Morgan fingerprint density at radius 3 is 1.87 bits per heavy atom. The molecule has 0 unspecified atom stereocenters. The van der Waals surface area contributed by atoms with Gasteiger partial charge in [0.25, 0.3) is 0 Å². The van der Waals surface area contributed by atoms with Gasteiger partial charge in [0, 0.05) is 21.8 Å². The summed E-state index contributed by atoms with van der Waals surface area (Å²) in [7, 11) is 0. The van der Waals surface area contributed by atoms with E-state index in [1.165, 1.54) is 11.1 Å². The van der Waals surface area contributed by atoms with E-state index in [2.05, 4.69) is 92.0 Å². The first-order valence-corrected chi connectivity index (χ1v) is 10.9. The Morgan fingerprint density at radius 2 is 1.26 bits per heavy atom. The zero-order valence-corrected chi connectivity index (χ0v) is 18.4. The van der Waals surface area contributed by atoms with Crippen molar-refractivity contribution in [1.29, 1.82) is 0 Å². The Hall–Kier alpha value is -3.07. The summed E-state index contributed by atoms with van der Waals surface area (Å²) < 4.78 is 7.02. The lowest BCUT2D eigenvalue weighted by Crippen LogP contribution is -2.40. The van der Waals surface area contributed by atoms with E-state index in [0.29, 0.717) is 5.02 Å². The van der Waals surface area contributed by atoms with Crippen LogP contribution in [0.3, 0.4) is 0 Å². The molecule has 0 bridgehead atoms. The Bertz CT molecular complexity index is 1170. The van der Waals surface area contributed by atoms with Crippen molar-refractivity contribution in [3.63, 3.8) is 0 Å². The summed E-state index contributed by atoms with van der Waals surface area (Å²) in [6.45, 7) is 4.21. The minimum atomic E-state index is -0.771. The highest BCUT2D eigenvalue weighted by atomic mass is 35.5. The molecule has 1 heterocycles. The normalized spacial score (nSPS) is 16.9. The van der Waals surface area contributed by atoms with Gasteiger partial charge in [-0.15, -0.1) is 0 Å². The minimum absolute atomic E-state index is 0.397. The van der Waals surface area contributed by atoms with E-state index < -0.39 is 11.8 Å². The Morgan fingerprint density at radius 1 is 0.710 bits per heavy atom. The lowest BCUT2D eigenvalue weighted by Gasteiger charge is -2.44. The molecule has 0 spiro atoms. The van der Waals surface area contributed by atoms with Crippen LogP contribution in [0.15, 0.2) is 97.1 Å². The number of rotatable bonds is 3. The van der Waals surface area contributed by atoms with Crippen LogP contribution in [0.5, 0.6) is 0 Å². The maximum atomic E-state index is 7.02. The molecule has 5 rings (SSSR count). The first-order chi connectivity index (χ1) is 15.1. The number of nitrogens with one attached hydrogen (secondary N) is 1. The number of fused-ring (bicyclic) bond motifs is 1. The van der Waals surface area contributed by atoms with Crippen LogP contribution in [0.2, 0.25) is 5.02 Å². The summed E-state index contributed by atoms with van der Waals surface area (Å²) in [5, 5.41) is 4.25. The topological polar surface area (TPSA) is 21.3 Å². The van der Waals surface area contributed by atoms with Crippen molar-refractivity contribution in [3.05, 3.63) is 135 Å². The molecule has 0 amide bonds. The number of anilines is 1. The number of para-hydroxylation sites is 1. The summed E-state index contributed by atoms with van der Waals surface area (Å²) in [6.07, 6.45) is -0.397. The second-order valence-corrected chi connectivity index (χ2v) is 8.53. The average Bonchev–Trinajstić information content (AvgIpc) is 2.80. The monoisotopic (exact) mass is 425 g/mol. The van der Waals surface area contributed by atoms with Crippen molar-refractivity contribution < 1.29 is 4.74 Å². The van der Waals surface area contributed by atoms with Gasteiger partial charge in [-0.2, -0.15) is 0 Å². The summed E-state index contributed by atoms with van der Waals surface area (Å²) in [5.41, 5.74) is 6.89. The highest BCUT2D eigenvalue weighted by Gasteiger charge is 2.45. The van der Waals surface area contributed by atoms with Gasteiger partial charge < -0.3 is 10.1 Å². The highest BCUT2D eigenvalue weighted by Crippen LogP contribution is 2.50. The fraction of sp³-hybridized carbons (Fsp3) is 0.143. The third-order valence-electron chi connectivity index (χ3n) is 5.99. The van der Waals surface area contributed by atoms with Crippen LogP contribution in [-0.4, -0.2) is 0 Å². The lowest BCUT2D eigenvalue weighted by molar-refractivity contribution is -0.0432. The zero-order chi connectivity index (χ0) is 21.4. The number of ether oxygens (including phenoxy) is 1. The first kappa shape index (κ1) is 19.9. The van der Waals surface area contributed by atoms with Crippen molar-refractivity contribution in [1.82, 2.24) is 0 Å². The van der Waals surface area contributed by atoms with Gasteiger partial charge in [0.1, 0.15) is 5.60 Å².